The number of sulfonamides is 1. The van der Waals surface area contributed by atoms with Crippen LogP contribution in [0.4, 0.5) is 0 Å². The number of halogens is 1. The minimum Gasteiger partial charge on any atom is -0.495 e. The van der Waals surface area contributed by atoms with Crippen LogP contribution in [0.25, 0.3) is 0 Å². The Kier molecular flexibility index (Phi) is 5.87. The van der Waals surface area contributed by atoms with E-state index in [1.165, 1.54) is 25.3 Å². The molecule has 7 heteroatoms. The van der Waals surface area contributed by atoms with E-state index in [0.29, 0.717) is 18.8 Å². The van der Waals surface area contributed by atoms with Crippen molar-refractivity contribution in [1.82, 2.24) is 10.0 Å². The first-order valence-corrected chi connectivity index (χ1v) is 7.41. The van der Waals surface area contributed by atoms with Gasteiger partial charge in [-0.1, -0.05) is 18.5 Å². The normalized spacial score (nSPS) is 11.5. The van der Waals surface area contributed by atoms with Crippen LogP contribution >= 0.6 is 11.6 Å². The van der Waals surface area contributed by atoms with Gasteiger partial charge in [0.25, 0.3) is 0 Å². The van der Waals surface area contributed by atoms with E-state index in [-0.39, 0.29) is 9.92 Å². The number of methoxy groups -OCH3 is 1. The van der Waals surface area contributed by atoms with Crippen LogP contribution in [0.15, 0.2) is 23.1 Å². The number of ether oxygens (including phenoxy) is 1. The van der Waals surface area contributed by atoms with E-state index < -0.39 is 10.0 Å². The smallest absolute Gasteiger partial charge is 0.240 e. The Morgan fingerprint density at radius 2 is 2.06 bits per heavy atom. The molecule has 5 nitrogen and oxygen atoms in total. The highest BCUT2D eigenvalue weighted by Gasteiger charge is 2.15. The Bertz CT molecular complexity index is 491. The average molecular weight is 293 g/mol. The molecule has 2 N–H and O–H groups in total. The van der Waals surface area contributed by atoms with Crippen LogP contribution in [0.3, 0.4) is 0 Å². The van der Waals surface area contributed by atoms with Gasteiger partial charge in [-0.3, -0.25) is 0 Å². The van der Waals surface area contributed by atoms with Crippen LogP contribution in [0, 0.1) is 0 Å². The molecular formula is C11H17ClN2O3S. The Hall–Kier alpha value is -0.820. The summed E-state index contributed by atoms with van der Waals surface area (Å²) in [6, 6.07) is 4.36. The second-order valence-corrected chi connectivity index (χ2v) is 5.72. The third-order valence-corrected chi connectivity index (χ3v) is 4.03. The Labute approximate surface area is 113 Å². The standard InChI is InChI=1S/C11H17ClN2O3S/c1-3-13-6-7-14-18(15,16)9-4-5-11(17-2)10(12)8-9/h4-5,8,13-14H,3,6-7H2,1-2H3. The van der Waals surface area contributed by atoms with Crippen LogP contribution in [0.2, 0.25) is 5.02 Å². The molecule has 1 aromatic rings. The molecular weight excluding hydrogens is 276 g/mol. The van der Waals surface area contributed by atoms with Crippen LogP contribution < -0.4 is 14.8 Å². The number of hydrogen-bond donors (Lipinski definition) is 2. The van der Waals surface area contributed by atoms with E-state index in [4.69, 9.17) is 16.3 Å². The summed E-state index contributed by atoms with van der Waals surface area (Å²) < 4.78 is 31.3. The highest BCUT2D eigenvalue weighted by atomic mass is 35.5. The van der Waals surface area contributed by atoms with Gasteiger partial charge in [0.05, 0.1) is 17.0 Å². The monoisotopic (exact) mass is 292 g/mol. The van der Waals surface area contributed by atoms with Crippen molar-refractivity contribution in [3.8, 4) is 5.75 Å². The number of likely N-dealkylation sites (N-methyl/N-ethyl adjacent to an activating group) is 1. The lowest BCUT2D eigenvalue weighted by Crippen LogP contribution is -2.31. The van der Waals surface area contributed by atoms with Crippen LogP contribution in [0.1, 0.15) is 6.92 Å². The molecule has 18 heavy (non-hydrogen) atoms. The fraction of sp³-hybridized carbons (Fsp3) is 0.455. The molecule has 0 spiro atoms. The van der Waals surface area contributed by atoms with Crippen LogP contribution in [0.5, 0.6) is 5.75 Å². The summed E-state index contributed by atoms with van der Waals surface area (Å²) >= 11 is 5.89. The SMILES string of the molecule is CCNCCNS(=O)(=O)c1ccc(OC)c(Cl)c1. The summed E-state index contributed by atoms with van der Waals surface area (Å²) in [4.78, 5) is 0.129. The highest BCUT2D eigenvalue weighted by molar-refractivity contribution is 7.89. The number of hydrogen-bond acceptors (Lipinski definition) is 4. The van der Waals surface area contributed by atoms with Crippen molar-refractivity contribution in [2.75, 3.05) is 26.7 Å². The van der Waals surface area contributed by atoms with Crippen LogP contribution in [-0.4, -0.2) is 35.2 Å². The van der Waals surface area contributed by atoms with Gasteiger partial charge in [0.1, 0.15) is 5.75 Å². The molecule has 102 valence electrons. The van der Waals surface area contributed by atoms with E-state index >= 15 is 0 Å². The zero-order valence-corrected chi connectivity index (χ0v) is 11.9. The second kappa shape index (κ2) is 6.94. The van der Waals surface area contributed by atoms with Crippen molar-refractivity contribution in [1.29, 1.82) is 0 Å². The average Bonchev–Trinajstić information content (AvgIpc) is 2.34. The molecule has 0 heterocycles. The van der Waals surface area contributed by atoms with Crippen molar-refractivity contribution >= 4 is 21.6 Å². The molecule has 1 rings (SSSR count). The summed E-state index contributed by atoms with van der Waals surface area (Å²) in [6.45, 7) is 3.67. The maximum absolute atomic E-state index is 11.9. The maximum Gasteiger partial charge on any atom is 0.240 e. The molecule has 0 aromatic heterocycles. The van der Waals surface area contributed by atoms with Crippen molar-refractivity contribution in [3.05, 3.63) is 23.2 Å². The molecule has 0 radical (unpaired) electrons. The number of rotatable bonds is 7. The van der Waals surface area contributed by atoms with Gasteiger partial charge in [0, 0.05) is 13.1 Å². The van der Waals surface area contributed by atoms with Crippen molar-refractivity contribution < 1.29 is 13.2 Å². The fourth-order valence-electron chi connectivity index (χ4n) is 1.35. The fourth-order valence-corrected chi connectivity index (χ4v) is 2.73. The van der Waals surface area contributed by atoms with Gasteiger partial charge in [0.2, 0.25) is 10.0 Å². The van der Waals surface area contributed by atoms with Gasteiger partial charge in [-0.25, -0.2) is 13.1 Å². The van der Waals surface area contributed by atoms with E-state index in [9.17, 15) is 8.42 Å². The molecule has 0 aliphatic carbocycles. The third-order valence-electron chi connectivity index (χ3n) is 2.28. The predicted molar refractivity (Wildman–Crippen MR) is 71.7 cm³/mol. The zero-order valence-electron chi connectivity index (χ0n) is 10.4. The van der Waals surface area contributed by atoms with Gasteiger partial charge in [0.15, 0.2) is 0 Å². The maximum atomic E-state index is 11.9. The zero-order chi connectivity index (χ0) is 13.6. The summed E-state index contributed by atoms with van der Waals surface area (Å²) in [6.07, 6.45) is 0. The van der Waals surface area contributed by atoms with Crippen molar-refractivity contribution in [2.45, 2.75) is 11.8 Å². The minimum atomic E-state index is -3.52. The van der Waals surface area contributed by atoms with Gasteiger partial charge in [-0.15, -0.1) is 0 Å². The molecule has 0 saturated heterocycles. The Balaban J connectivity index is 2.76. The van der Waals surface area contributed by atoms with Crippen molar-refractivity contribution in [3.63, 3.8) is 0 Å². The molecule has 0 atom stereocenters. The molecule has 0 aliphatic heterocycles. The van der Waals surface area contributed by atoms with E-state index in [1.807, 2.05) is 6.92 Å². The minimum absolute atomic E-state index is 0.129. The number of benzene rings is 1. The van der Waals surface area contributed by atoms with Gasteiger partial charge in [-0.2, -0.15) is 0 Å². The Morgan fingerprint density at radius 1 is 1.33 bits per heavy atom. The summed E-state index contributed by atoms with van der Waals surface area (Å²) in [5.74, 6) is 0.447. The first-order chi connectivity index (χ1) is 8.51. The second-order valence-electron chi connectivity index (χ2n) is 3.55. The molecule has 1 aromatic carbocycles. The summed E-state index contributed by atoms with van der Waals surface area (Å²) in [5, 5.41) is 3.30. The molecule has 0 aliphatic rings. The first kappa shape index (κ1) is 15.2. The van der Waals surface area contributed by atoms with Crippen LogP contribution in [-0.2, 0) is 10.0 Å². The lowest BCUT2D eigenvalue weighted by molar-refractivity contribution is 0.414. The van der Waals surface area contributed by atoms with Gasteiger partial charge >= 0.3 is 0 Å². The quantitative estimate of drug-likeness (QED) is 0.742. The largest absolute Gasteiger partial charge is 0.495 e. The molecule has 0 fully saturated rings. The van der Waals surface area contributed by atoms with E-state index in [0.717, 1.165) is 6.54 Å². The lowest BCUT2D eigenvalue weighted by atomic mass is 10.3. The number of nitrogens with one attached hydrogen (secondary N) is 2. The van der Waals surface area contributed by atoms with Gasteiger partial charge < -0.3 is 10.1 Å². The van der Waals surface area contributed by atoms with Gasteiger partial charge in [-0.05, 0) is 24.7 Å². The Morgan fingerprint density at radius 3 is 2.61 bits per heavy atom. The predicted octanol–water partition coefficient (Wildman–Crippen LogP) is 1.24. The highest BCUT2D eigenvalue weighted by Crippen LogP contribution is 2.26. The lowest BCUT2D eigenvalue weighted by Gasteiger charge is -2.09. The molecule has 0 unspecified atom stereocenters. The molecule has 0 amide bonds. The van der Waals surface area contributed by atoms with E-state index in [1.54, 1.807) is 0 Å². The summed E-state index contributed by atoms with van der Waals surface area (Å²) in [7, 11) is -2.04. The summed E-state index contributed by atoms with van der Waals surface area (Å²) in [5.41, 5.74) is 0. The topological polar surface area (TPSA) is 67.4 Å². The van der Waals surface area contributed by atoms with Crippen molar-refractivity contribution in [2.24, 2.45) is 0 Å². The third kappa shape index (κ3) is 4.13. The van der Waals surface area contributed by atoms with E-state index in [2.05, 4.69) is 10.0 Å². The molecule has 0 saturated carbocycles. The molecule has 0 bridgehead atoms. The first-order valence-electron chi connectivity index (χ1n) is 5.55.